The summed E-state index contributed by atoms with van der Waals surface area (Å²) in [5.41, 5.74) is 1.19. The highest BCUT2D eigenvalue weighted by Gasteiger charge is 2.38. The van der Waals surface area contributed by atoms with Crippen molar-refractivity contribution in [3.63, 3.8) is 0 Å². The van der Waals surface area contributed by atoms with Crippen LogP contribution in [0, 0.1) is 5.92 Å². The van der Waals surface area contributed by atoms with Crippen molar-refractivity contribution in [3.05, 3.63) is 30.3 Å². The lowest BCUT2D eigenvalue weighted by atomic mass is 10.0. The van der Waals surface area contributed by atoms with Gasteiger partial charge in [-0.2, -0.15) is 0 Å². The number of rotatable bonds is 5. The van der Waals surface area contributed by atoms with Crippen LogP contribution in [0.1, 0.15) is 19.8 Å². The molecule has 140 valence electrons. The highest BCUT2D eigenvalue weighted by molar-refractivity contribution is 5.84. The monoisotopic (exact) mass is 356 g/mol. The Labute approximate surface area is 155 Å². The molecule has 3 aliphatic rings. The van der Waals surface area contributed by atoms with Gasteiger partial charge in [-0.05, 0) is 31.9 Å². The van der Waals surface area contributed by atoms with Gasteiger partial charge in [-0.25, -0.2) is 0 Å². The molecule has 1 N–H and O–H groups in total. The van der Waals surface area contributed by atoms with Crippen LogP contribution in [0.3, 0.4) is 0 Å². The molecule has 3 fully saturated rings. The average Bonchev–Trinajstić information content (AvgIpc) is 3.06. The molecule has 26 heavy (non-hydrogen) atoms. The molecule has 1 aromatic rings. The fourth-order valence-electron chi connectivity index (χ4n) is 4.06. The van der Waals surface area contributed by atoms with E-state index in [1.807, 2.05) is 30.0 Å². The predicted octanol–water partition coefficient (Wildman–Crippen LogP) is 0.934. The van der Waals surface area contributed by atoms with Crippen LogP contribution < -0.4 is 10.2 Å². The molecule has 3 saturated heterocycles. The Balaban J connectivity index is 1.22. The van der Waals surface area contributed by atoms with E-state index in [4.69, 9.17) is 0 Å². The van der Waals surface area contributed by atoms with E-state index in [1.165, 1.54) is 12.1 Å². The highest BCUT2D eigenvalue weighted by atomic mass is 16.2. The molecule has 6 heteroatoms. The number of nitrogens with zero attached hydrogens (tertiary/aromatic N) is 3. The first-order valence-corrected chi connectivity index (χ1v) is 9.75. The number of hydrogen-bond acceptors (Lipinski definition) is 4. The minimum atomic E-state index is -0.0530. The van der Waals surface area contributed by atoms with Gasteiger partial charge in [-0.15, -0.1) is 0 Å². The Bertz CT molecular complexity index is 655. The molecule has 0 spiro atoms. The normalized spacial score (nSPS) is 24.7. The molecule has 0 aromatic heterocycles. The van der Waals surface area contributed by atoms with Gasteiger partial charge in [0.1, 0.15) is 0 Å². The van der Waals surface area contributed by atoms with E-state index in [0.29, 0.717) is 13.1 Å². The SMILES string of the molecule is CC(C(=O)NC1CN(C(=O)C2CCN(c3ccccc3)C2)C1)N1CCC1. The van der Waals surface area contributed by atoms with E-state index in [1.54, 1.807) is 0 Å². The van der Waals surface area contributed by atoms with Crippen LogP contribution in [0.2, 0.25) is 0 Å². The Hall–Kier alpha value is -2.08. The van der Waals surface area contributed by atoms with E-state index >= 15 is 0 Å². The van der Waals surface area contributed by atoms with Crippen molar-refractivity contribution in [1.29, 1.82) is 0 Å². The topological polar surface area (TPSA) is 55.9 Å². The van der Waals surface area contributed by atoms with Gasteiger partial charge in [0.2, 0.25) is 11.8 Å². The van der Waals surface area contributed by atoms with Crippen molar-refractivity contribution in [2.45, 2.75) is 31.8 Å². The Kier molecular flexibility index (Phi) is 4.85. The summed E-state index contributed by atoms with van der Waals surface area (Å²) in [5.74, 6) is 0.412. The van der Waals surface area contributed by atoms with Crippen molar-refractivity contribution in [3.8, 4) is 0 Å². The first-order valence-electron chi connectivity index (χ1n) is 9.75. The van der Waals surface area contributed by atoms with Gasteiger partial charge in [0.15, 0.2) is 0 Å². The van der Waals surface area contributed by atoms with Crippen molar-refractivity contribution in [1.82, 2.24) is 15.1 Å². The first kappa shape index (κ1) is 17.3. The van der Waals surface area contributed by atoms with Crippen LogP contribution >= 0.6 is 0 Å². The zero-order valence-electron chi connectivity index (χ0n) is 15.4. The fourth-order valence-corrected chi connectivity index (χ4v) is 4.06. The Morgan fingerprint density at radius 3 is 2.46 bits per heavy atom. The number of amides is 2. The number of nitrogens with one attached hydrogen (secondary N) is 1. The molecular weight excluding hydrogens is 328 g/mol. The molecular formula is C20H28N4O2. The molecule has 0 aliphatic carbocycles. The van der Waals surface area contributed by atoms with Crippen molar-refractivity contribution in [2.24, 2.45) is 5.92 Å². The molecule has 2 amide bonds. The molecule has 1 aromatic carbocycles. The second-order valence-electron chi connectivity index (χ2n) is 7.78. The van der Waals surface area contributed by atoms with Crippen LogP contribution in [0.4, 0.5) is 5.69 Å². The quantitative estimate of drug-likeness (QED) is 0.853. The predicted molar refractivity (Wildman–Crippen MR) is 101 cm³/mol. The molecule has 2 atom stereocenters. The van der Waals surface area contributed by atoms with Crippen molar-refractivity contribution in [2.75, 3.05) is 44.2 Å². The third kappa shape index (κ3) is 3.43. The summed E-state index contributed by atoms with van der Waals surface area (Å²) >= 11 is 0. The number of benzene rings is 1. The summed E-state index contributed by atoms with van der Waals surface area (Å²) in [6, 6.07) is 10.3. The smallest absolute Gasteiger partial charge is 0.237 e. The third-order valence-electron chi connectivity index (χ3n) is 6.02. The largest absolute Gasteiger partial charge is 0.371 e. The van der Waals surface area contributed by atoms with Gasteiger partial charge in [0.25, 0.3) is 0 Å². The standard InChI is InChI=1S/C20H28N4O2/c1-15(22-9-5-10-22)19(25)21-17-13-24(14-17)20(26)16-8-11-23(12-16)18-6-3-2-4-7-18/h2-4,6-7,15-17H,5,8-14H2,1H3,(H,21,25). The van der Waals surface area contributed by atoms with Gasteiger partial charge in [0.05, 0.1) is 18.0 Å². The van der Waals surface area contributed by atoms with E-state index in [9.17, 15) is 9.59 Å². The number of para-hydroxylation sites is 1. The molecule has 0 saturated carbocycles. The summed E-state index contributed by atoms with van der Waals surface area (Å²) in [4.78, 5) is 31.3. The van der Waals surface area contributed by atoms with E-state index < -0.39 is 0 Å². The number of carbonyl (C=O) groups is 2. The summed E-state index contributed by atoms with van der Waals surface area (Å²) in [7, 11) is 0. The Morgan fingerprint density at radius 2 is 1.81 bits per heavy atom. The molecule has 4 rings (SSSR count). The second kappa shape index (κ2) is 7.27. The van der Waals surface area contributed by atoms with Crippen LogP contribution in [-0.4, -0.2) is 73.0 Å². The van der Waals surface area contributed by atoms with Crippen molar-refractivity contribution >= 4 is 17.5 Å². The minimum absolute atomic E-state index is 0.0530. The summed E-state index contributed by atoms with van der Waals surface area (Å²) in [6.45, 7) is 7.03. The summed E-state index contributed by atoms with van der Waals surface area (Å²) in [5, 5.41) is 3.09. The molecule has 6 nitrogen and oxygen atoms in total. The van der Waals surface area contributed by atoms with Crippen LogP contribution in [-0.2, 0) is 9.59 Å². The zero-order chi connectivity index (χ0) is 18.1. The number of hydrogen-bond donors (Lipinski definition) is 1. The fraction of sp³-hybridized carbons (Fsp3) is 0.600. The molecule has 2 unspecified atom stereocenters. The van der Waals surface area contributed by atoms with Gasteiger partial charge >= 0.3 is 0 Å². The van der Waals surface area contributed by atoms with Crippen LogP contribution in [0.25, 0.3) is 0 Å². The third-order valence-corrected chi connectivity index (χ3v) is 6.02. The maximum Gasteiger partial charge on any atom is 0.237 e. The molecule has 0 bridgehead atoms. The van der Waals surface area contributed by atoms with E-state index in [-0.39, 0.29) is 29.8 Å². The van der Waals surface area contributed by atoms with E-state index in [2.05, 4.69) is 27.2 Å². The number of anilines is 1. The van der Waals surface area contributed by atoms with Crippen molar-refractivity contribution < 1.29 is 9.59 Å². The molecule has 0 radical (unpaired) electrons. The van der Waals surface area contributed by atoms with E-state index in [0.717, 1.165) is 32.6 Å². The first-order chi connectivity index (χ1) is 12.6. The number of likely N-dealkylation sites (tertiary alicyclic amines) is 2. The highest BCUT2D eigenvalue weighted by Crippen LogP contribution is 2.26. The lowest BCUT2D eigenvalue weighted by molar-refractivity contribution is -0.142. The van der Waals surface area contributed by atoms with Crippen LogP contribution in [0.15, 0.2) is 30.3 Å². The minimum Gasteiger partial charge on any atom is -0.371 e. The maximum atomic E-state index is 12.7. The van der Waals surface area contributed by atoms with Gasteiger partial charge in [-0.1, -0.05) is 18.2 Å². The lowest BCUT2D eigenvalue weighted by Gasteiger charge is -2.42. The van der Waals surface area contributed by atoms with Gasteiger partial charge in [-0.3, -0.25) is 14.5 Å². The van der Waals surface area contributed by atoms with Crippen LogP contribution in [0.5, 0.6) is 0 Å². The van der Waals surface area contributed by atoms with Gasteiger partial charge in [0, 0.05) is 45.0 Å². The zero-order valence-corrected chi connectivity index (χ0v) is 15.4. The Morgan fingerprint density at radius 1 is 1.08 bits per heavy atom. The lowest BCUT2D eigenvalue weighted by Crippen LogP contribution is -2.64. The number of carbonyl (C=O) groups excluding carboxylic acids is 2. The average molecular weight is 356 g/mol. The molecule has 3 heterocycles. The van der Waals surface area contributed by atoms with Gasteiger partial charge < -0.3 is 15.1 Å². The summed E-state index contributed by atoms with van der Waals surface area (Å²) < 4.78 is 0. The summed E-state index contributed by atoms with van der Waals surface area (Å²) in [6.07, 6.45) is 2.10. The second-order valence-corrected chi connectivity index (χ2v) is 7.78. The maximum absolute atomic E-state index is 12.7. The molecule has 3 aliphatic heterocycles.